The molecule has 0 bridgehead atoms. The molecule has 0 aromatic rings. The van der Waals surface area contributed by atoms with E-state index in [1.165, 1.54) is 0 Å². The van der Waals surface area contributed by atoms with Crippen LogP contribution in [0.1, 0.15) is 310 Å². The molecule has 0 saturated heterocycles. The monoisotopic (exact) mass is 1180 g/mol. The maximum absolute atomic E-state index is 12.9. The summed E-state index contributed by atoms with van der Waals surface area (Å²) in [5.74, 6) is -1.29. The fourth-order valence-electron chi connectivity index (χ4n) is 9.62. The van der Waals surface area contributed by atoms with E-state index in [-0.39, 0.29) is 32.5 Å². The third kappa shape index (κ3) is 55.9. The first-order chi connectivity index (χ1) is 37.3. The summed E-state index contributed by atoms with van der Waals surface area (Å²) in [6.45, 7) is 5.88. The molecule has 0 heterocycles. The van der Waals surface area contributed by atoms with E-state index >= 15 is 0 Å². The Morgan fingerprint density at radius 3 is 0.731 bits per heavy atom. The molecule has 3 N–H and O–H groups in total. The number of hydrogen-bond donors (Lipinski definition) is 3. The van der Waals surface area contributed by atoms with Crippen molar-refractivity contribution in [2.75, 3.05) is 13.2 Å². The first-order valence-corrected chi connectivity index (χ1v) is 34.8. The summed E-state index contributed by atoms with van der Waals surface area (Å²) in [7, 11) is -13.4. The molecule has 18 nitrogen and oxygen atoms in total. The van der Waals surface area contributed by atoms with E-state index in [9.17, 15) is 44.2 Å². The highest BCUT2D eigenvalue weighted by Gasteiger charge is 2.22. The Kier molecular flexibility index (Phi) is 49.4. The van der Waals surface area contributed by atoms with Gasteiger partial charge in [-0.05, 0) is 57.8 Å². The summed E-state index contributed by atoms with van der Waals surface area (Å²) < 4.78 is 127. The van der Waals surface area contributed by atoms with E-state index < -0.39 is 73.5 Å². The van der Waals surface area contributed by atoms with Crippen LogP contribution in [0, 0.1) is 0 Å². The predicted octanol–water partition coefficient (Wildman–Crippen LogP) is 15.2. The normalized spacial score (nSPS) is 13.8. The Balaban J connectivity index is 4.77. The van der Waals surface area contributed by atoms with Crippen LogP contribution in [0.2, 0.25) is 0 Å². The molecule has 0 radical (unpaired) electrons. The lowest BCUT2D eigenvalue weighted by atomic mass is 10.0. The molecule has 3 unspecified atom stereocenters. The molecule has 0 amide bonds. The van der Waals surface area contributed by atoms with Crippen LogP contribution in [0.5, 0.6) is 0 Å². The van der Waals surface area contributed by atoms with Crippen molar-refractivity contribution < 1.29 is 80.1 Å². The van der Waals surface area contributed by atoms with E-state index in [0.29, 0.717) is 57.8 Å². The van der Waals surface area contributed by atoms with E-state index in [4.69, 9.17) is 35.9 Å². The lowest BCUT2D eigenvalue weighted by molar-refractivity contribution is -0.167. The zero-order valence-corrected chi connectivity index (χ0v) is 51.2. The molecule has 0 aromatic carbocycles. The molecule has 3 atom stereocenters. The van der Waals surface area contributed by atoms with Gasteiger partial charge in [-0.1, -0.05) is 233 Å². The topological polar surface area (TPSA) is 270 Å². The van der Waals surface area contributed by atoms with Crippen molar-refractivity contribution in [2.45, 2.75) is 334 Å². The van der Waals surface area contributed by atoms with E-state index in [0.717, 1.165) is 212 Å². The molecule has 464 valence electrons. The zero-order valence-electron chi connectivity index (χ0n) is 48.7. The number of ether oxygens (including phenoxy) is 3. The van der Waals surface area contributed by atoms with Gasteiger partial charge in [0, 0.05) is 19.3 Å². The number of hydrogen-bond acceptors (Lipinski definition) is 15. The molecule has 0 saturated carbocycles. The minimum Gasteiger partial charge on any atom is -0.462 e. The highest BCUT2D eigenvalue weighted by atomic mass is 32.3. The molecule has 0 rings (SSSR count). The Hall–Kier alpha value is -1.98. The minimum absolute atomic E-state index is 0.177. The second-order valence-electron chi connectivity index (χ2n) is 21.6. The molecule has 78 heavy (non-hydrogen) atoms. The van der Waals surface area contributed by atoms with E-state index in [1.54, 1.807) is 0 Å². The summed E-state index contributed by atoms with van der Waals surface area (Å²) in [5.41, 5.74) is 0. The van der Waals surface area contributed by atoms with Gasteiger partial charge in [0.2, 0.25) is 0 Å². The van der Waals surface area contributed by atoms with Gasteiger partial charge in [0.15, 0.2) is 6.10 Å². The highest BCUT2D eigenvalue weighted by molar-refractivity contribution is 7.81. The van der Waals surface area contributed by atoms with E-state index in [1.807, 2.05) is 0 Å². The lowest BCUT2D eigenvalue weighted by Crippen LogP contribution is -2.30. The molecular weight excluding hydrogens is 1070 g/mol. The van der Waals surface area contributed by atoms with Crippen LogP contribution < -0.4 is 0 Å². The lowest BCUT2D eigenvalue weighted by Gasteiger charge is -2.18. The van der Waals surface area contributed by atoms with Crippen LogP contribution in [0.15, 0.2) is 0 Å². The van der Waals surface area contributed by atoms with Gasteiger partial charge in [-0.3, -0.25) is 28.0 Å². The van der Waals surface area contributed by atoms with Gasteiger partial charge in [0.1, 0.15) is 13.2 Å². The summed E-state index contributed by atoms with van der Waals surface area (Å²) in [6, 6.07) is 0. The van der Waals surface area contributed by atoms with Gasteiger partial charge in [0.25, 0.3) is 0 Å². The van der Waals surface area contributed by atoms with Crippen molar-refractivity contribution in [3.05, 3.63) is 0 Å². The van der Waals surface area contributed by atoms with Gasteiger partial charge >= 0.3 is 49.1 Å². The third-order valence-electron chi connectivity index (χ3n) is 14.0. The summed E-state index contributed by atoms with van der Waals surface area (Å²) in [5, 5.41) is 0. The Morgan fingerprint density at radius 2 is 0.500 bits per heavy atom. The molecule has 0 aliphatic carbocycles. The number of rotatable bonds is 59. The maximum atomic E-state index is 12.9. The molecule has 0 aliphatic rings. The first kappa shape index (κ1) is 76.0. The van der Waals surface area contributed by atoms with Crippen molar-refractivity contribution in [1.82, 2.24) is 0 Å². The zero-order chi connectivity index (χ0) is 58.0. The van der Waals surface area contributed by atoms with Crippen LogP contribution in [0.3, 0.4) is 0 Å². The van der Waals surface area contributed by atoms with Crippen molar-refractivity contribution in [1.29, 1.82) is 0 Å². The smallest absolute Gasteiger partial charge is 0.397 e. The molecule has 0 aromatic heterocycles. The second kappa shape index (κ2) is 50.7. The van der Waals surface area contributed by atoms with Crippen molar-refractivity contribution >= 4 is 49.1 Å². The summed E-state index contributed by atoms with van der Waals surface area (Å²) in [4.78, 5) is 38.4. The van der Waals surface area contributed by atoms with Gasteiger partial charge in [-0.15, -0.1) is 0 Å². The highest BCUT2D eigenvalue weighted by Crippen LogP contribution is 2.22. The van der Waals surface area contributed by atoms with Gasteiger partial charge < -0.3 is 14.2 Å². The number of esters is 3. The van der Waals surface area contributed by atoms with E-state index in [2.05, 4.69) is 20.8 Å². The van der Waals surface area contributed by atoms with Crippen LogP contribution in [-0.2, 0) is 72.3 Å². The van der Waals surface area contributed by atoms with Gasteiger partial charge in [0.05, 0.1) is 18.3 Å². The van der Waals surface area contributed by atoms with Gasteiger partial charge in [-0.25, -0.2) is 12.5 Å². The second-order valence-corrected chi connectivity index (χ2v) is 24.7. The Bertz CT molecular complexity index is 1690. The summed E-state index contributed by atoms with van der Waals surface area (Å²) in [6.07, 6.45) is 35.3. The van der Waals surface area contributed by atoms with Crippen molar-refractivity contribution in [2.24, 2.45) is 0 Å². The average molecular weight is 1180 g/mol. The number of carbonyl (C=O) groups excluding carboxylic acids is 3. The summed E-state index contributed by atoms with van der Waals surface area (Å²) >= 11 is 0. The number of carbonyl (C=O) groups is 3. The minimum atomic E-state index is -4.48. The quantitative estimate of drug-likeness (QED) is 0.0221. The van der Waals surface area contributed by atoms with Crippen molar-refractivity contribution in [3.8, 4) is 0 Å². The van der Waals surface area contributed by atoms with Crippen LogP contribution in [0.4, 0.5) is 0 Å². The molecular formula is C57H110O18S3. The predicted molar refractivity (Wildman–Crippen MR) is 306 cm³/mol. The number of unbranched alkanes of at least 4 members (excludes halogenated alkanes) is 30. The first-order valence-electron chi connectivity index (χ1n) is 30.7. The SMILES string of the molecule is CCCCCCC(CCCCCCCCCCC(=O)OCC(COC(=O)CCCCCCCCCCC(CCCCCC)OS(=O)(=O)O)OC(=O)CCCCCCCCCCC(CCCCCC)OS(=O)(=O)O)OS(=O)(=O)O. The Morgan fingerprint density at radius 1 is 0.295 bits per heavy atom. The van der Waals surface area contributed by atoms with Crippen LogP contribution in [-0.4, -0.2) is 94.4 Å². The fraction of sp³-hybridized carbons (Fsp3) is 0.947. The molecule has 0 spiro atoms. The third-order valence-corrected chi connectivity index (χ3v) is 15.6. The maximum Gasteiger partial charge on any atom is 0.397 e. The standard InChI is InChI=1S/C57H110O18S3/c1-4-7-10-31-40-51(73-76(61,62)63)43-34-25-19-13-16-22-28-37-46-55(58)70-49-54(72-57(60)48-39-30-24-18-15-21-27-36-45-53(75-78(67,68)69)42-33-12-9-6-3)50-71-56(59)47-38-29-23-17-14-20-26-35-44-52(74-77(64,65)66)41-32-11-8-5-2/h51-54H,4-50H2,1-3H3,(H,61,62,63)(H,64,65,66)(H,67,68,69). The molecule has 0 aliphatic heterocycles. The van der Waals surface area contributed by atoms with Crippen LogP contribution >= 0.6 is 0 Å². The van der Waals surface area contributed by atoms with Gasteiger partial charge in [-0.2, -0.15) is 25.3 Å². The largest absolute Gasteiger partial charge is 0.462 e. The van der Waals surface area contributed by atoms with Crippen molar-refractivity contribution in [3.63, 3.8) is 0 Å². The van der Waals surface area contributed by atoms with Crippen LogP contribution in [0.25, 0.3) is 0 Å². The molecule has 0 fully saturated rings. The average Bonchev–Trinajstić information content (AvgIpc) is 3.36. The molecule has 21 heteroatoms. The Labute approximate surface area is 474 Å². The fourth-order valence-corrected chi connectivity index (χ4v) is 11.2.